The number of hydrogen-bond donors (Lipinski definition) is 2. The van der Waals surface area contributed by atoms with E-state index in [1.807, 2.05) is 12.1 Å². The van der Waals surface area contributed by atoms with Gasteiger partial charge in [0.25, 0.3) is 5.91 Å². The van der Waals surface area contributed by atoms with Crippen molar-refractivity contribution in [2.24, 2.45) is 0 Å². The molecule has 2 aromatic carbocycles. The molecular weight excluding hydrogens is 320 g/mol. The van der Waals surface area contributed by atoms with Crippen molar-refractivity contribution in [3.63, 3.8) is 0 Å². The maximum Gasteiger partial charge on any atom is 0.355 e. The van der Waals surface area contributed by atoms with Crippen molar-refractivity contribution in [3.8, 4) is 0 Å². The van der Waals surface area contributed by atoms with Gasteiger partial charge in [-0.15, -0.1) is 0 Å². The Morgan fingerprint density at radius 2 is 1.56 bits per heavy atom. The molecule has 0 saturated carbocycles. The van der Waals surface area contributed by atoms with Crippen molar-refractivity contribution < 1.29 is 19.1 Å². The molecule has 0 aliphatic heterocycles. The van der Waals surface area contributed by atoms with E-state index < -0.39 is 24.4 Å². The van der Waals surface area contributed by atoms with Crippen molar-refractivity contribution in [2.45, 2.75) is 6.92 Å². The summed E-state index contributed by atoms with van der Waals surface area (Å²) in [7, 11) is 0. The lowest BCUT2D eigenvalue weighted by molar-refractivity contribution is -0.144. The number of benzene rings is 2. The zero-order chi connectivity index (χ0) is 18.1. The van der Waals surface area contributed by atoms with Gasteiger partial charge in [0.2, 0.25) is 5.91 Å². The van der Waals surface area contributed by atoms with Crippen molar-refractivity contribution in [1.29, 1.82) is 0 Å². The fraction of sp³-hybridized carbons (Fsp3) is 0.105. The fourth-order valence-corrected chi connectivity index (χ4v) is 1.98. The molecule has 0 unspecified atom stereocenters. The van der Waals surface area contributed by atoms with E-state index in [9.17, 15) is 14.4 Å². The molecule has 0 aromatic heterocycles. The molecule has 2 aromatic rings. The number of amides is 2. The lowest BCUT2D eigenvalue weighted by atomic mass is 10.2. The van der Waals surface area contributed by atoms with Gasteiger partial charge < -0.3 is 15.4 Å². The standard InChI is InChI=1S/C19H18N2O4/c1-14(22)20-17(12-15-8-4-2-5-9-15)19(24)25-13-18(23)21-16-10-6-3-7-11-16/h2-12H,13H2,1H3,(H,20,22)(H,21,23)/b17-12+. The molecule has 0 bridgehead atoms. The van der Waals surface area contributed by atoms with Gasteiger partial charge in [0.05, 0.1) is 0 Å². The van der Waals surface area contributed by atoms with E-state index in [1.54, 1.807) is 48.5 Å². The van der Waals surface area contributed by atoms with Crippen molar-refractivity contribution in [3.05, 3.63) is 71.9 Å². The molecule has 25 heavy (non-hydrogen) atoms. The van der Waals surface area contributed by atoms with Crippen LogP contribution in [0, 0.1) is 0 Å². The predicted molar refractivity (Wildman–Crippen MR) is 94.3 cm³/mol. The highest BCUT2D eigenvalue weighted by Crippen LogP contribution is 2.07. The smallest absolute Gasteiger partial charge is 0.355 e. The summed E-state index contributed by atoms with van der Waals surface area (Å²) in [6, 6.07) is 17.8. The summed E-state index contributed by atoms with van der Waals surface area (Å²) >= 11 is 0. The second kappa shape index (κ2) is 9.02. The number of nitrogens with one attached hydrogen (secondary N) is 2. The molecule has 128 valence electrons. The Hall–Kier alpha value is -3.41. The number of esters is 1. The Morgan fingerprint density at radius 1 is 0.960 bits per heavy atom. The van der Waals surface area contributed by atoms with Crippen LogP contribution in [0.2, 0.25) is 0 Å². The number of rotatable bonds is 6. The number of carbonyl (C=O) groups excluding carboxylic acids is 3. The molecule has 0 fully saturated rings. The number of hydrogen-bond acceptors (Lipinski definition) is 4. The monoisotopic (exact) mass is 338 g/mol. The molecule has 2 N–H and O–H groups in total. The van der Waals surface area contributed by atoms with E-state index in [4.69, 9.17) is 4.74 Å². The maximum atomic E-state index is 12.2. The molecule has 0 aliphatic rings. The van der Waals surface area contributed by atoms with E-state index in [2.05, 4.69) is 10.6 Å². The molecule has 0 saturated heterocycles. The first-order chi connectivity index (χ1) is 12.0. The molecule has 0 aliphatic carbocycles. The van der Waals surface area contributed by atoms with Gasteiger partial charge in [0, 0.05) is 12.6 Å². The SMILES string of the molecule is CC(=O)N/C(=C/c1ccccc1)C(=O)OCC(=O)Nc1ccccc1. The van der Waals surface area contributed by atoms with E-state index in [1.165, 1.54) is 13.0 Å². The number of para-hydroxylation sites is 1. The summed E-state index contributed by atoms with van der Waals surface area (Å²) in [6.07, 6.45) is 1.48. The van der Waals surface area contributed by atoms with Gasteiger partial charge in [0.1, 0.15) is 5.70 Å². The summed E-state index contributed by atoms with van der Waals surface area (Å²) < 4.78 is 4.98. The summed E-state index contributed by atoms with van der Waals surface area (Å²) in [5, 5.41) is 5.02. The van der Waals surface area contributed by atoms with Gasteiger partial charge in [-0.05, 0) is 23.8 Å². The summed E-state index contributed by atoms with van der Waals surface area (Å²) in [4.78, 5) is 35.3. The second-order valence-corrected chi connectivity index (χ2v) is 5.14. The summed E-state index contributed by atoms with van der Waals surface area (Å²) in [5.74, 6) is -1.67. The Bertz CT molecular complexity index is 771. The lowest BCUT2D eigenvalue weighted by Crippen LogP contribution is -2.28. The minimum absolute atomic E-state index is 0.0359. The van der Waals surface area contributed by atoms with E-state index in [0.29, 0.717) is 5.69 Å². The van der Waals surface area contributed by atoms with E-state index in [0.717, 1.165) is 5.56 Å². The van der Waals surface area contributed by atoms with Crippen molar-refractivity contribution >= 4 is 29.5 Å². The molecule has 6 nitrogen and oxygen atoms in total. The largest absolute Gasteiger partial charge is 0.451 e. The van der Waals surface area contributed by atoms with Gasteiger partial charge in [-0.2, -0.15) is 0 Å². The predicted octanol–water partition coefficient (Wildman–Crippen LogP) is 2.35. The topological polar surface area (TPSA) is 84.5 Å². The minimum atomic E-state index is -0.790. The van der Waals surface area contributed by atoms with Crippen LogP contribution in [0.4, 0.5) is 5.69 Å². The molecule has 0 radical (unpaired) electrons. The zero-order valence-corrected chi connectivity index (χ0v) is 13.7. The first kappa shape index (κ1) is 17.9. The molecule has 6 heteroatoms. The first-order valence-corrected chi connectivity index (χ1v) is 7.61. The van der Waals surface area contributed by atoms with Crippen LogP contribution in [-0.4, -0.2) is 24.4 Å². The number of anilines is 1. The molecular formula is C19H18N2O4. The third-order valence-corrected chi connectivity index (χ3v) is 3.03. The van der Waals surface area contributed by atoms with Crippen molar-refractivity contribution in [1.82, 2.24) is 5.32 Å². The van der Waals surface area contributed by atoms with Gasteiger partial charge in [-0.3, -0.25) is 9.59 Å². The average Bonchev–Trinajstić information content (AvgIpc) is 2.60. The fourth-order valence-electron chi connectivity index (χ4n) is 1.98. The quantitative estimate of drug-likeness (QED) is 0.625. The van der Waals surface area contributed by atoms with Crippen LogP contribution in [0.25, 0.3) is 6.08 Å². The maximum absolute atomic E-state index is 12.2. The minimum Gasteiger partial charge on any atom is -0.451 e. The van der Waals surface area contributed by atoms with Crippen LogP contribution >= 0.6 is 0 Å². The second-order valence-electron chi connectivity index (χ2n) is 5.14. The Labute approximate surface area is 145 Å². The van der Waals surface area contributed by atoms with Gasteiger partial charge in [0.15, 0.2) is 6.61 Å². The molecule has 0 atom stereocenters. The van der Waals surface area contributed by atoms with E-state index in [-0.39, 0.29) is 5.70 Å². The lowest BCUT2D eigenvalue weighted by Gasteiger charge is -2.09. The van der Waals surface area contributed by atoms with Gasteiger partial charge in [-0.1, -0.05) is 48.5 Å². The highest BCUT2D eigenvalue weighted by molar-refractivity contribution is 5.99. The van der Waals surface area contributed by atoms with Crippen LogP contribution in [0.15, 0.2) is 66.4 Å². The van der Waals surface area contributed by atoms with Gasteiger partial charge >= 0.3 is 5.97 Å². The molecule has 2 rings (SSSR count). The Kier molecular flexibility index (Phi) is 6.47. The highest BCUT2D eigenvalue weighted by atomic mass is 16.5. The first-order valence-electron chi connectivity index (χ1n) is 7.61. The van der Waals surface area contributed by atoms with Crippen LogP contribution in [0.1, 0.15) is 12.5 Å². The zero-order valence-electron chi connectivity index (χ0n) is 13.7. The molecule has 0 heterocycles. The van der Waals surface area contributed by atoms with Gasteiger partial charge in [-0.25, -0.2) is 4.79 Å². The average molecular weight is 338 g/mol. The Morgan fingerprint density at radius 3 is 2.16 bits per heavy atom. The third-order valence-electron chi connectivity index (χ3n) is 3.03. The highest BCUT2D eigenvalue weighted by Gasteiger charge is 2.15. The van der Waals surface area contributed by atoms with Crippen LogP contribution in [0.3, 0.4) is 0 Å². The summed E-state index contributed by atoms with van der Waals surface area (Å²) in [5.41, 5.74) is 1.29. The van der Waals surface area contributed by atoms with Crippen LogP contribution in [0.5, 0.6) is 0 Å². The summed E-state index contributed by atoms with van der Waals surface area (Å²) in [6.45, 7) is 0.827. The third kappa shape index (κ3) is 6.31. The van der Waals surface area contributed by atoms with Crippen molar-refractivity contribution in [2.75, 3.05) is 11.9 Å². The van der Waals surface area contributed by atoms with E-state index >= 15 is 0 Å². The van der Waals surface area contributed by atoms with Crippen LogP contribution in [-0.2, 0) is 19.1 Å². The van der Waals surface area contributed by atoms with Crippen LogP contribution < -0.4 is 10.6 Å². The number of ether oxygens (including phenoxy) is 1. The molecule has 0 spiro atoms. The molecule has 2 amide bonds. The normalized spacial score (nSPS) is 10.7. The number of carbonyl (C=O) groups is 3. The Balaban J connectivity index is 1.98.